The Hall–Kier alpha value is -3.33. The molecule has 1 aliphatic heterocycles. The maximum absolute atomic E-state index is 13.0. The van der Waals surface area contributed by atoms with Crippen molar-refractivity contribution in [1.29, 1.82) is 0 Å². The van der Waals surface area contributed by atoms with Gasteiger partial charge in [0.25, 0.3) is 5.22 Å². The van der Waals surface area contributed by atoms with Crippen LogP contribution in [0.2, 0.25) is 0 Å². The first-order chi connectivity index (χ1) is 14.5. The summed E-state index contributed by atoms with van der Waals surface area (Å²) in [5, 5.41) is 11.2. The third-order valence-corrected chi connectivity index (χ3v) is 5.49. The van der Waals surface area contributed by atoms with Crippen LogP contribution in [0.25, 0.3) is 11.5 Å². The number of carbonyl (C=O) groups is 2. The number of thioether (sulfide) groups is 1. The maximum Gasteiger partial charge on any atom is 0.277 e. The average Bonchev–Trinajstić information content (AvgIpc) is 3.17. The molecule has 1 unspecified atom stereocenters. The van der Waals surface area contributed by atoms with Crippen molar-refractivity contribution >= 4 is 35.0 Å². The van der Waals surface area contributed by atoms with Gasteiger partial charge in [-0.1, -0.05) is 23.9 Å². The zero-order valence-electron chi connectivity index (χ0n) is 16.5. The summed E-state index contributed by atoms with van der Waals surface area (Å²) >= 11 is 1.17. The number of rotatable bonds is 5. The standard InChI is InChI=1S/C21H20N4O4S/c1-13-11-18(26)22-16-5-3-4-6-17(16)25(13)19(27)12-30-21-24-23-20(29-21)14-7-9-15(28-2)10-8-14/h3-10,13H,11-12H2,1-2H3,(H,22,26). The van der Waals surface area contributed by atoms with Crippen LogP contribution in [0.1, 0.15) is 13.3 Å². The van der Waals surface area contributed by atoms with Crippen LogP contribution < -0.4 is 15.0 Å². The van der Waals surface area contributed by atoms with Gasteiger partial charge in [-0.2, -0.15) is 0 Å². The fourth-order valence-corrected chi connectivity index (χ4v) is 3.90. The summed E-state index contributed by atoms with van der Waals surface area (Å²) in [5.74, 6) is 0.964. The first-order valence-corrected chi connectivity index (χ1v) is 10.4. The molecule has 8 nitrogen and oxygen atoms in total. The van der Waals surface area contributed by atoms with E-state index in [-0.39, 0.29) is 30.0 Å². The molecule has 0 saturated heterocycles. The molecular weight excluding hydrogens is 404 g/mol. The van der Waals surface area contributed by atoms with Crippen LogP contribution in [0.15, 0.2) is 58.2 Å². The highest BCUT2D eigenvalue weighted by molar-refractivity contribution is 7.99. The van der Waals surface area contributed by atoms with E-state index in [0.29, 0.717) is 22.5 Å². The van der Waals surface area contributed by atoms with Gasteiger partial charge in [0.15, 0.2) is 0 Å². The molecule has 154 valence electrons. The SMILES string of the molecule is COc1ccc(-c2nnc(SCC(=O)N3c4ccccc4NC(=O)CC3C)o2)cc1. The van der Waals surface area contributed by atoms with Crippen LogP contribution in [0.3, 0.4) is 0 Å². The predicted octanol–water partition coefficient (Wildman–Crippen LogP) is 3.60. The lowest BCUT2D eigenvalue weighted by Gasteiger charge is -2.27. The number of hydrogen-bond donors (Lipinski definition) is 1. The predicted molar refractivity (Wildman–Crippen MR) is 114 cm³/mol. The summed E-state index contributed by atoms with van der Waals surface area (Å²) < 4.78 is 10.8. The maximum atomic E-state index is 13.0. The number of anilines is 2. The van der Waals surface area contributed by atoms with Crippen molar-refractivity contribution in [3.63, 3.8) is 0 Å². The molecule has 0 aliphatic carbocycles. The van der Waals surface area contributed by atoms with Crippen molar-refractivity contribution < 1.29 is 18.7 Å². The summed E-state index contributed by atoms with van der Waals surface area (Å²) in [6, 6.07) is 14.3. The Morgan fingerprint density at radius 3 is 2.77 bits per heavy atom. The highest BCUT2D eigenvalue weighted by Gasteiger charge is 2.29. The smallest absolute Gasteiger partial charge is 0.277 e. The van der Waals surface area contributed by atoms with Gasteiger partial charge < -0.3 is 19.4 Å². The van der Waals surface area contributed by atoms with Crippen molar-refractivity contribution in [2.24, 2.45) is 0 Å². The normalized spacial score (nSPS) is 15.9. The van der Waals surface area contributed by atoms with Crippen LogP contribution in [-0.4, -0.2) is 40.9 Å². The number of ether oxygens (including phenoxy) is 1. The number of nitrogens with zero attached hydrogens (tertiary/aromatic N) is 3. The van der Waals surface area contributed by atoms with Crippen LogP contribution in [0.4, 0.5) is 11.4 Å². The molecule has 0 fully saturated rings. The number of hydrogen-bond acceptors (Lipinski definition) is 7. The number of benzene rings is 2. The van der Waals surface area contributed by atoms with E-state index in [0.717, 1.165) is 11.3 Å². The second-order valence-corrected chi connectivity index (χ2v) is 7.70. The van der Waals surface area contributed by atoms with E-state index in [9.17, 15) is 9.59 Å². The Morgan fingerprint density at radius 1 is 1.23 bits per heavy atom. The molecule has 4 rings (SSSR count). The molecule has 1 aliphatic rings. The van der Waals surface area contributed by atoms with E-state index in [1.54, 1.807) is 18.1 Å². The van der Waals surface area contributed by atoms with Gasteiger partial charge in [-0.05, 0) is 43.3 Å². The van der Waals surface area contributed by atoms with E-state index >= 15 is 0 Å². The summed E-state index contributed by atoms with van der Waals surface area (Å²) in [6.07, 6.45) is 0.229. The fourth-order valence-electron chi connectivity index (χ4n) is 3.28. The molecule has 0 radical (unpaired) electrons. The number of aromatic nitrogens is 2. The Bertz CT molecular complexity index is 1070. The van der Waals surface area contributed by atoms with Gasteiger partial charge in [0.1, 0.15) is 5.75 Å². The first kappa shape index (κ1) is 20.0. The second-order valence-electron chi connectivity index (χ2n) is 6.77. The molecule has 1 atom stereocenters. The van der Waals surface area contributed by atoms with Crippen LogP contribution >= 0.6 is 11.8 Å². The van der Waals surface area contributed by atoms with Crippen LogP contribution in [-0.2, 0) is 9.59 Å². The zero-order valence-corrected chi connectivity index (χ0v) is 17.3. The Kier molecular flexibility index (Phi) is 5.71. The van der Waals surface area contributed by atoms with E-state index in [4.69, 9.17) is 9.15 Å². The molecule has 2 amide bonds. The summed E-state index contributed by atoms with van der Waals surface area (Å²) in [6.45, 7) is 1.86. The van der Waals surface area contributed by atoms with Gasteiger partial charge in [-0.15, -0.1) is 10.2 Å². The van der Waals surface area contributed by atoms with Gasteiger partial charge >= 0.3 is 0 Å². The molecule has 30 heavy (non-hydrogen) atoms. The lowest BCUT2D eigenvalue weighted by molar-refractivity contribution is -0.117. The van der Waals surface area contributed by atoms with Gasteiger partial charge in [0.2, 0.25) is 17.7 Å². The summed E-state index contributed by atoms with van der Waals surface area (Å²) in [5.41, 5.74) is 2.08. The average molecular weight is 424 g/mol. The molecule has 0 saturated carbocycles. The molecule has 0 bridgehead atoms. The molecule has 9 heteroatoms. The van der Waals surface area contributed by atoms with E-state index in [1.165, 1.54) is 11.8 Å². The highest BCUT2D eigenvalue weighted by atomic mass is 32.2. The fraction of sp³-hybridized carbons (Fsp3) is 0.238. The Labute approximate surface area is 177 Å². The van der Waals surface area contributed by atoms with Gasteiger partial charge in [-0.25, -0.2) is 0 Å². The summed E-state index contributed by atoms with van der Waals surface area (Å²) in [7, 11) is 1.60. The summed E-state index contributed by atoms with van der Waals surface area (Å²) in [4.78, 5) is 26.8. The van der Waals surface area contributed by atoms with Crippen molar-refractivity contribution in [3.8, 4) is 17.2 Å². The number of para-hydroxylation sites is 2. The van der Waals surface area contributed by atoms with Crippen molar-refractivity contribution in [2.45, 2.75) is 24.6 Å². The Balaban J connectivity index is 1.47. The van der Waals surface area contributed by atoms with Crippen LogP contribution in [0, 0.1) is 0 Å². The minimum absolute atomic E-state index is 0.108. The molecule has 0 spiro atoms. The number of fused-ring (bicyclic) bond motifs is 1. The quantitative estimate of drug-likeness (QED) is 0.625. The lowest BCUT2D eigenvalue weighted by Crippen LogP contribution is -2.40. The van der Waals surface area contributed by atoms with E-state index < -0.39 is 0 Å². The largest absolute Gasteiger partial charge is 0.497 e. The van der Waals surface area contributed by atoms with Crippen molar-refractivity contribution in [3.05, 3.63) is 48.5 Å². The monoisotopic (exact) mass is 424 g/mol. The number of nitrogens with one attached hydrogen (secondary N) is 1. The number of amides is 2. The van der Waals surface area contributed by atoms with Gasteiger partial charge in [0.05, 0.1) is 24.2 Å². The molecule has 2 aromatic carbocycles. The van der Waals surface area contributed by atoms with E-state index in [2.05, 4.69) is 15.5 Å². The first-order valence-electron chi connectivity index (χ1n) is 9.37. The number of methoxy groups -OCH3 is 1. The third-order valence-electron chi connectivity index (χ3n) is 4.69. The minimum Gasteiger partial charge on any atom is -0.497 e. The topological polar surface area (TPSA) is 97.6 Å². The van der Waals surface area contributed by atoms with Crippen molar-refractivity contribution in [2.75, 3.05) is 23.1 Å². The van der Waals surface area contributed by atoms with Crippen LogP contribution in [0.5, 0.6) is 5.75 Å². The Morgan fingerprint density at radius 2 is 2.00 bits per heavy atom. The second kappa shape index (κ2) is 8.58. The zero-order chi connectivity index (χ0) is 21.1. The highest BCUT2D eigenvalue weighted by Crippen LogP contribution is 2.32. The molecule has 1 N–H and O–H groups in total. The lowest BCUT2D eigenvalue weighted by atomic mass is 10.2. The van der Waals surface area contributed by atoms with E-state index in [1.807, 2.05) is 49.4 Å². The molecule has 2 heterocycles. The minimum atomic E-state index is -0.265. The van der Waals surface area contributed by atoms with Crippen molar-refractivity contribution in [1.82, 2.24) is 10.2 Å². The molecule has 1 aromatic heterocycles. The number of carbonyl (C=O) groups excluding carboxylic acids is 2. The molecule has 3 aromatic rings. The molecular formula is C21H20N4O4S. The van der Waals surface area contributed by atoms with Gasteiger partial charge in [0, 0.05) is 18.0 Å². The third kappa shape index (κ3) is 4.16. The van der Waals surface area contributed by atoms with Gasteiger partial charge in [-0.3, -0.25) is 9.59 Å².